The van der Waals surface area contributed by atoms with Gasteiger partial charge in [-0.25, -0.2) is 15.0 Å². The zero-order valence-electron chi connectivity index (χ0n) is 33.9. The maximum atomic E-state index is 6.94. The molecule has 0 bridgehead atoms. The zero-order valence-corrected chi connectivity index (χ0v) is 33.9. The van der Waals surface area contributed by atoms with Gasteiger partial charge in [-0.05, 0) is 98.0 Å². The number of hydrogen-bond donors (Lipinski definition) is 0. The zero-order chi connectivity index (χ0) is 41.0. The van der Waals surface area contributed by atoms with Gasteiger partial charge in [0.1, 0.15) is 11.2 Å². The molecule has 62 heavy (non-hydrogen) atoms. The van der Waals surface area contributed by atoms with Gasteiger partial charge in [-0.15, -0.1) is 0 Å². The Morgan fingerprint density at radius 2 is 0.984 bits per heavy atom. The van der Waals surface area contributed by atoms with E-state index in [2.05, 4.69) is 188 Å². The number of fused-ring (bicyclic) bond motifs is 7. The second-order valence-corrected chi connectivity index (χ2v) is 16.2. The number of nitrogens with zero attached hydrogens (tertiary/aromatic N) is 3. The number of benzene rings is 9. The van der Waals surface area contributed by atoms with Gasteiger partial charge in [-0.3, -0.25) is 0 Å². The molecule has 12 rings (SSSR count). The first-order valence-electron chi connectivity index (χ1n) is 21.4. The number of para-hydroxylation sites is 1. The van der Waals surface area contributed by atoms with E-state index < -0.39 is 0 Å². The highest BCUT2D eigenvalue weighted by Gasteiger charge is 2.28. The summed E-state index contributed by atoms with van der Waals surface area (Å²) in [7, 11) is 0. The van der Waals surface area contributed by atoms with Gasteiger partial charge < -0.3 is 4.42 Å². The van der Waals surface area contributed by atoms with Crippen LogP contribution in [0, 0.1) is 0 Å². The van der Waals surface area contributed by atoms with Crippen molar-refractivity contribution in [1.82, 2.24) is 15.0 Å². The average Bonchev–Trinajstić information content (AvgIpc) is 3.67. The van der Waals surface area contributed by atoms with Crippen molar-refractivity contribution >= 4 is 32.7 Å². The normalized spacial score (nSPS) is 13.5. The molecule has 292 valence electrons. The molecule has 0 saturated carbocycles. The molecule has 1 atom stereocenters. The van der Waals surface area contributed by atoms with E-state index in [4.69, 9.17) is 19.4 Å². The fourth-order valence-corrected chi connectivity index (χ4v) is 9.56. The van der Waals surface area contributed by atoms with Gasteiger partial charge in [0.15, 0.2) is 17.5 Å². The molecule has 0 aliphatic heterocycles. The van der Waals surface area contributed by atoms with E-state index in [9.17, 15) is 0 Å². The molecule has 1 aliphatic carbocycles. The Bertz CT molecular complexity index is 3460. The SMILES string of the molecule is c1ccc(-c2ccc(-c3nc(-c4cccc(-c5ccccc5)c4)nc(-c4ccc(C5CCc6cc7ccccc7cc6-c6ccccc65)c5c4oc4ccccc45)n3)cc2)cc1. The van der Waals surface area contributed by atoms with E-state index in [1.165, 1.54) is 38.6 Å². The van der Waals surface area contributed by atoms with Gasteiger partial charge in [-0.1, -0.05) is 182 Å². The fraction of sp³-hybridized carbons (Fsp3) is 0.0517. The first-order chi connectivity index (χ1) is 30.7. The largest absolute Gasteiger partial charge is 0.455 e. The summed E-state index contributed by atoms with van der Waals surface area (Å²) < 4.78 is 6.94. The van der Waals surface area contributed by atoms with Crippen molar-refractivity contribution in [3.63, 3.8) is 0 Å². The number of hydrogen-bond acceptors (Lipinski definition) is 4. The van der Waals surface area contributed by atoms with E-state index in [1.54, 1.807) is 0 Å². The highest BCUT2D eigenvalue weighted by molar-refractivity contribution is 6.11. The molecule has 11 aromatic rings. The van der Waals surface area contributed by atoms with Gasteiger partial charge in [0.05, 0.1) is 5.56 Å². The van der Waals surface area contributed by atoms with E-state index >= 15 is 0 Å². The molecule has 2 aromatic heterocycles. The van der Waals surface area contributed by atoms with Crippen LogP contribution in [0.1, 0.15) is 29.0 Å². The minimum atomic E-state index is 0.132. The van der Waals surface area contributed by atoms with Crippen LogP contribution >= 0.6 is 0 Å². The van der Waals surface area contributed by atoms with Crippen molar-refractivity contribution in [2.75, 3.05) is 0 Å². The monoisotopic (exact) mass is 793 g/mol. The lowest BCUT2D eigenvalue weighted by molar-refractivity contribution is 0.668. The average molecular weight is 794 g/mol. The van der Waals surface area contributed by atoms with Crippen LogP contribution in [0.25, 0.3) is 100 Å². The van der Waals surface area contributed by atoms with Crippen LogP contribution in [0.15, 0.2) is 211 Å². The number of furan rings is 1. The maximum Gasteiger partial charge on any atom is 0.167 e. The van der Waals surface area contributed by atoms with E-state index in [-0.39, 0.29) is 5.92 Å². The van der Waals surface area contributed by atoms with Gasteiger partial charge in [0.2, 0.25) is 0 Å². The lowest BCUT2D eigenvalue weighted by Gasteiger charge is -2.20. The quantitative estimate of drug-likeness (QED) is 0.168. The summed E-state index contributed by atoms with van der Waals surface area (Å²) in [6.07, 6.45) is 1.93. The molecule has 0 N–H and O–H groups in total. The molecule has 0 spiro atoms. The highest BCUT2D eigenvalue weighted by atomic mass is 16.3. The minimum absolute atomic E-state index is 0.132. The van der Waals surface area contributed by atoms with E-state index in [0.29, 0.717) is 17.5 Å². The molecule has 0 fully saturated rings. The van der Waals surface area contributed by atoms with Crippen LogP contribution in [0.4, 0.5) is 0 Å². The third-order valence-corrected chi connectivity index (χ3v) is 12.6. The predicted molar refractivity (Wildman–Crippen MR) is 254 cm³/mol. The molecule has 0 saturated heterocycles. The fourth-order valence-electron chi connectivity index (χ4n) is 9.56. The Hall–Kier alpha value is -7.95. The number of aryl methyl sites for hydroxylation is 1. The van der Waals surface area contributed by atoms with Crippen molar-refractivity contribution in [2.45, 2.75) is 18.8 Å². The third kappa shape index (κ3) is 6.27. The third-order valence-electron chi connectivity index (χ3n) is 12.6. The maximum absolute atomic E-state index is 6.94. The second kappa shape index (κ2) is 14.9. The van der Waals surface area contributed by atoms with E-state index in [0.717, 1.165) is 73.7 Å². The van der Waals surface area contributed by atoms with Crippen LogP contribution < -0.4 is 0 Å². The smallest absolute Gasteiger partial charge is 0.167 e. The van der Waals surface area contributed by atoms with Crippen LogP contribution in [0.5, 0.6) is 0 Å². The Balaban J connectivity index is 1.04. The molecule has 2 heterocycles. The molecule has 0 amide bonds. The summed E-state index contributed by atoms with van der Waals surface area (Å²) in [6.45, 7) is 0. The second-order valence-electron chi connectivity index (χ2n) is 16.2. The van der Waals surface area contributed by atoms with Crippen molar-refractivity contribution < 1.29 is 4.42 Å². The molecule has 4 nitrogen and oxygen atoms in total. The topological polar surface area (TPSA) is 51.8 Å². The van der Waals surface area contributed by atoms with Gasteiger partial charge in [-0.2, -0.15) is 0 Å². The van der Waals surface area contributed by atoms with Crippen LogP contribution in [-0.2, 0) is 6.42 Å². The number of aromatic nitrogens is 3. The molecule has 1 aliphatic rings. The molecule has 9 aromatic carbocycles. The van der Waals surface area contributed by atoms with Gasteiger partial charge in [0, 0.05) is 27.8 Å². The lowest BCUT2D eigenvalue weighted by Crippen LogP contribution is -2.04. The summed E-state index contributed by atoms with van der Waals surface area (Å²) in [4.78, 5) is 15.7. The molecule has 0 radical (unpaired) electrons. The molecular formula is C58H39N3O. The van der Waals surface area contributed by atoms with Crippen LogP contribution in [0.3, 0.4) is 0 Å². The van der Waals surface area contributed by atoms with E-state index in [1.807, 2.05) is 18.2 Å². The molecule has 1 unspecified atom stereocenters. The van der Waals surface area contributed by atoms with Crippen molar-refractivity contribution in [3.8, 4) is 67.5 Å². The minimum Gasteiger partial charge on any atom is -0.455 e. The van der Waals surface area contributed by atoms with Gasteiger partial charge >= 0.3 is 0 Å². The first kappa shape index (κ1) is 35.9. The van der Waals surface area contributed by atoms with Crippen molar-refractivity contribution in [1.29, 1.82) is 0 Å². The van der Waals surface area contributed by atoms with Crippen molar-refractivity contribution in [2.24, 2.45) is 0 Å². The summed E-state index contributed by atoms with van der Waals surface area (Å²) >= 11 is 0. The Kier molecular flexibility index (Phi) is 8.67. The summed E-state index contributed by atoms with van der Waals surface area (Å²) in [5.41, 5.74) is 15.4. The summed E-state index contributed by atoms with van der Waals surface area (Å²) in [5.74, 6) is 1.91. The first-order valence-corrected chi connectivity index (χ1v) is 21.4. The van der Waals surface area contributed by atoms with Gasteiger partial charge in [0.25, 0.3) is 0 Å². The molecular weight excluding hydrogens is 755 g/mol. The Morgan fingerprint density at radius 3 is 1.79 bits per heavy atom. The Labute approximate surface area is 359 Å². The standard InChI is InChI=1S/C58H39N3O/c1-3-14-37(15-4-1)39-26-28-40(29-27-39)56-59-57(45-21-13-20-41(35-45)38-16-5-2-6-17-38)61-58(60-56)51-33-32-49(54-50-24-11-12-25-53(50)62-55(51)54)48-31-30-44-34-42-18-7-8-19-43(42)36-52(44)47-23-10-9-22-46(47)48/h1-29,32-36,48H,30-31H2. The summed E-state index contributed by atoms with van der Waals surface area (Å²) in [5, 5.41) is 4.74. The van der Waals surface area contributed by atoms with Crippen LogP contribution in [0.2, 0.25) is 0 Å². The highest BCUT2D eigenvalue weighted by Crippen LogP contribution is 2.47. The van der Waals surface area contributed by atoms with Crippen LogP contribution in [-0.4, -0.2) is 15.0 Å². The number of rotatable bonds is 6. The lowest BCUT2D eigenvalue weighted by atomic mass is 9.83. The molecule has 4 heteroatoms. The predicted octanol–water partition coefficient (Wildman–Crippen LogP) is 15.0. The van der Waals surface area contributed by atoms with Crippen molar-refractivity contribution in [3.05, 3.63) is 223 Å². The summed E-state index contributed by atoms with van der Waals surface area (Å²) in [6, 6.07) is 73.2. The Morgan fingerprint density at radius 1 is 0.387 bits per heavy atom.